The number of nitrogens with zero attached hydrogens (tertiary/aromatic N) is 2. The molecule has 2 aromatic rings. The van der Waals surface area contributed by atoms with Gasteiger partial charge in [0.25, 0.3) is 5.91 Å². The number of carbonyl (C=O) groups excluding carboxylic acids is 2. The Morgan fingerprint density at radius 1 is 1.12 bits per heavy atom. The Morgan fingerprint density at radius 3 is 2.46 bits per heavy atom. The second-order valence-corrected chi connectivity index (χ2v) is 11.0. The molecule has 7 nitrogen and oxygen atoms in total. The minimum Gasteiger partial charge on any atom is -0.383 e. The van der Waals surface area contributed by atoms with Gasteiger partial charge in [0.2, 0.25) is 5.91 Å². The highest BCUT2D eigenvalue weighted by Crippen LogP contribution is 2.33. The summed E-state index contributed by atoms with van der Waals surface area (Å²) in [6.07, 6.45) is -6.24. The van der Waals surface area contributed by atoms with Crippen LogP contribution in [-0.4, -0.2) is 66.3 Å². The highest BCUT2D eigenvalue weighted by atomic mass is 35.5. The van der Waals surface area contributed by atoms with E-state index in [0.717, 1.165) is 6.07 Å². The maximum Gasteiger partial charge on any atom is 0.390 e. The Balaban J connectivity index is 1.72. The molecular formula is C28H34ClF5N4O3. The Morgan fingerprint density at radius 2 is 1.83 bits per heavy atom. The van der Waals surface area contributed by atoms with Crippen LogP contribution in [0, 0.1) is 17.6 Å². The van der Waals surface area contributed by atoms with Gasteiger partial charge in [0.15, 0.2) is 11.6 Å². The maximum atomic E-state index is 14.9. The monoisotopic (exact) mass is 604 g/mol. The minimum absolute atomic E-state index is 0.0555. The van der Waals surface area contributed by atoms with Gasteiger partial charge in [-0.25, -0.2) is 8.78 Å². The first-order valence-corrected chi connectivity index (χ1v) is 13.6. The van der Waals surface area contributed by atoms with Gasteiger partial charge < -0.3 is 20.6 Å². The Labute approximate surface area is 240 Å². The van der Waals surface area contributed by atoms with Crippen LogP contribution in [0.4, 0.5) is 33.3 Å². The largest absolute Gasteiger partial charge is 0.390 e. The fourth-order valence-electron chi connectivity index (χ4n) is 4.67. The molecule has 0 aromatic heterocycles. The third kappa shape index (κ3) is 9.01. The molecule has 3 N–H and O–H groups in total. The number of aliphatic hydroxyl groups is 1. The van der Waals surface area contributed by atoms with Crippen LogP contribution < -0.4 is 15.5 Å². The van der Waals surface area contributed by atoms with Gasteiger partial charge in [-0.3, -0.25) is 14.5 Å². The zero-order chi connectivity index (χ0) is 30.5. The first-order valence-electron chi connectivity index (χ1n) is 13.3. The number of amides is 2. The molecule has 1 fully saturated rings. The smallest absolute Gasteiger partial charge is 0.383 e. The van der Waals surface area contributed by atoms with E-state index in [1.54, 1.807) is 11.0 Å². The molecule has 1 unspecified atom stereocenters. The summed E-state index contributed by atoms with van der Waals surface area (Å²) in [6, 6.07) is 6.66. The maximum absolute atomic E-state index is 14.9. The van der Waals surface area contributed by atoms with Crippen molar-refractivity contribution < 1.29 is 36.6 Å². The number of benzene rings is 2. The summed E-state index contributed by atoms with van der Waals surface area (Å²) in [5.41, 5.74) is -0.00356. The van der Waals surface area contributed by atoms with Crippen LogP contribution in [0.3, 0.4) is 0 Å². The summed E-state index contributed by atoms with van der Waals surface area (Å²) < 4.78 is 67.7. The number of halogens is 6. The first kappa shape index (κ1) is 32.6. The molecule has 226 valence electrons. The van der Waals surface area contributed by atoms with E-state index in [1.807, 2.05) is 25.7 Å². The Bertz CT molecular complexity index is 1240. The van der Waals surface area contributed by atoms with Crippen LogP contribution in [0.2, 0.25) is 5.02 Å². The van der Waals surface area contributed by atoms with E-state index in [0.29, 0.717) is 30.3 Å². The zero-order valence-corrected chi connectivity index (χ0v) is 23.8. The van der Waals surface area contributed by atoms with Gasteiger partial charge in [-0.15, -0.1) is 0 Å². The van der Waals surface area contributed by atoms with Crippen LogP contribution >= 0.6 is 11.6 Å². The predicted molar refractivity (Wildman–Crippen MR) is 147 cm³/mol. The summed E-state index contributed by atoms with van der Waals surface area (Å²) >= 11 is 6.20. The van der Waals surface area contributed by atoms with E-state index < -0.39 is 47.7 Å². The lowest BCUT2D eigenvalue weighted by Crippen LogP contribution is -2.52. The number of hydrogen-bond donors (Lipinski definition) is 3. The van der Waals surface area contributed by atoms with E-state index in [4.69, 9.17) is 11.6 Å². The Kier molecular flexibility index (Phi) is 11.0. The van der Waals surface area contributed by atoms with Gasteiger partial charge >= 0.3 is 6.18 Å². The fourth-order valence-corrected chi connectivity index (χ4v) is 4.84. The standard InChI is InChI=1S/C28H34ClF5N4O3/c1-16(2)12-23(39)27(41)35-14-18-4-6-20(25(31)24(18)30)26(40)36-21-7-5-19(29)13-22(21)38-11-10-37(15-17(38)3)9-8-28(32,33)34/h4-7,13,16-17,23,39H,8-12,14-15H2,1-3H3,(H,35,41)(H,36,40)/t17-,23?/m0/s1. The minimum atomic E-state index is -4.25. The van der Waals surface area contributed by atoms with Crippen molar-refractivity contribution in [2.45, 2.75) is 58.5 Å². The molecule has 2 amide bonds. The van der Waals surface area contributed by atoms with E-state index in [-0.39, 0.29) is 42.7 Å². The lowest BCUT2D eigenvalue weighted by atomic mass is 10.1. The number of nitrogens with one attached hydrogen (secondary N) is 2. The van der Waals surface area contributed by atoms with Gasteiger partial charge in [0.05, 0.1) is 23.4 Å². The SMILES string of the molecule is CC(C)CC(O)C(=O)NCc1ccc(C(=O)Nc2ccc(Cl)cc2N2CCN(CCC(F)(F)F)C[C@@H]2C)c(F)c1F. The molecule has 2 aromatic carbocycles. The average molecular weight is 605 g/mol. The molecule has 0 saturated carbocycles. The van der Waals surface area contributed by atoms with E-state index in [1.165, 1.54) is 18.2 Å². The van der Waals surface area contributed by atoms with Crippen molar-refractivity contribution in [1.82, 2.24) is 10.2 Å². The molecule has 13 heteroatoms. The quantitative estimate of drug-likeness (QED) is 0.318. The van der Waals surface area contributed by atoms with E-state index in [2.05, 4.69) is 10.6 Å². The summed E-state index contributed by atoms with van der Waals surface area (Å²) in [5, 5.41) is 15.2. The fraction of sp³-hybridized carbons (Fsp3) is 0.500. The lowest BCUT2D eigenvalue weighted by molar-refractivity contribution is -0.138. The van der Waals surface area contributed by atoms with Crippen LogP contribution in [-0.2, 0) is 11.3 Å². The number of carbonyl (C=O) groups is 2. The highest BCUT2D eigenvalue weighted by Gasteiger charge is 2.31. The molecule has 0 radical (unpaired) electrons. The number of hydrogen-bond acceptors (Lipinski definition) is 5. The molecule has 1 saturated heterocycles. The van der Waals surface area contributed by atoms with Crippen molar-refractivity contribution in [3.8, 4) is 0 Å². The van der Waals surface area contributed by atoms with Crippen molar-refractivity contribution in [1.29, 1.82) is 0 Å². The molecule has 41 heavy (non-hydrogen) atoms. The number of alkyl halides is 3. The van der Waals surface area contributed by atoms with Crippen LogP contribution in [0.25, 0.3) is 0 Å². The van der Waals surface area contributed by atoms with Crippen molar-refractivity contribution in [2.24, 2.45) is 5.92 Å². The first-order chi connectivity index (χ1) is 19.2. The summed E-state index contributed by atoms with van der Waals surface area (Å²) in [5.74, 6) is -4.30. The lowest BCUT2D eigenvalue weighted by Gasteiger charge is -2.42. The molecule has 0 bridgehead atoms. The normalized spacial score (nSPS) is 17.0. The zero-order valence-electron chi connectivity index (χ0n) is 23.0. The topological polar surface area (TPSA) is 84.9 Å². The van der Waals surface area contributed by atoms with Gasteiger partial charge in [0.1, 0.15) is 6.10 Å². The average Bonchev–Trinajstić information content (AvgIpc) is 2.88. The molecule has 0 aliphatic carbocycles. The molecule has 0 spiro atoms. The van der Waals surface area contributed by atoms with Crippen LogP contribution in [0.5, 0.6) is 0 Å². The summed E-state index contributed by atoms with van der Waals surface area (Å²) in [6.45, 7) is 6.04. The summed E-state index contributed by atoms with van der Waals surface area (Å²) in [4.78, 5) is 28.6. The second-order valence-electron chi connectivity index (χ2n) is 10.6. The van der Waals surface area contributed by atoms with Crippen molar-refractivity contribution >= 4 is 34.8 Å². The van der Waals surface area contributed by atoms with Crippen molar-refractivity contribution in [3.63, 3.8) is 0 Å². The molecular weight excluding hydrogens is 571 g/mol. The summed E-state index contributed by atoms with van der Waals surface area (Å²) in [7, 11) is 0. The second kappa shape index (κ2) is 13.8. The van der Waals surface area contributed by atoms with E-state index >= 15 is 0 Å². The molecule has 1 heterocycles. The number of rotatable bonds is 10. The molecule has 1 aliphatic rings. The van der Waals surface area contributed by atoms with Gasteiger partial charge in [-0.05, 0) is 43.5 Å². The molecule has 2 atom stereocenters. The number of piperazine rings is 1. The Hall–Kier alpha value is -2.96. The van der Waals surface area contributed by atoms with Crippen molar-refractivity contribution in [3.05, 3.63) is 58.1 Å². The number of aliphatic hydroxyl groups excluding tert-OH is 1. The van der Waals surface area contributed by atoms with E-state index in [9.17, 15) is 36.6 Å². The molecule has 3 rings (SSSR count). The van der Waals surface area contributed by atoms with Crippen molar-refractivity contribution in [2.75, 3.05) is 36.4 Å². The van der Waals surface area contributed by atoms with Crippen LogP contribution in [0.1, 0.15) is 49.5 Å². The molecule has 1 aliphatic heterocycles. The van der Waals surface area contributed by atoms with Gasteiger partial charge in [-0.1, -0.05) is 31.5 Å². The van der Waals surface area contributed by atoms with Gasteiger partial charge in [0, 0.05) is 49.4 Å². The number of anilines is 2. The van der Waals surface area contributed by atoms with Crippen LogP contribution in [0.15, 0.2) is 30.3 Å². The predicted octanol–water partition coefficient (Wildman–Crippen LogP) is 5.36. The third-order valence-corrected chi connectivity index (χ3v) is 7.03. The van der Waals surface area contributed by atoms with Gasteiger partial charge in [-0.2, -0.15) is 13.2 Å². The highest BCUT2D eigenvalue weighted by molar-refractivity contribution is 6.31. The third-order valence-electron chi connectivity index (χ3n) is 6.80.